The fourth-order valence-corrected chi connectivity index (χ4v) is 2.16. The molecule has 1 rings (SSSR count). The molecule has 0 saturated carbocycles. The van der Waals surface area contributed by atoms with E-state index >= 15 is 0 Å². The fraction of sp³-hybridized carbons (Fsp3) is 0.385. The van der Waals surface area contributed by atoms with Gasteiger partial charge in [0.15, 0.2) is 5.84 Å². The van der Waals surface area contributed by atoms with E-state index in [1.807, 2.05) is 26.0 Å². The second-order valence-electron chi connectivity index (χ2n) is 4.28. The van der Waals surface area contributed by atoms with Gasteiger partial charge in [-0.1, -0.05) is 30.6 Å². The van der Waals surface area contributed by atoms with Gasteiger partial charge in [0, 0.05) is 4.47 Å². The molecule has 1 aromatic carbocycles. The molecule has 1 amide bonds. The van der Waals surface area contributed by atoms with Gasteiger partial charge < -0.3 is 16.3 Å². The van der Waals surface area contributed by atoms with Crippen molar-refractivity contribution in [2.24, 2.45) is 10.9 Å². The van der Waals surface area contributed by atoms with Crippen LogP contribution in [0.4, 0.5) is 0 Å². The Labute approximate surface area is 121 Å². The van der Waals surface area contributed by atoms with Crippen molar-refractivity contribution in [1.29, 1.82) is 0 Å². The van der Waals surface area contributed by atoms with Gasteiger partial charge in [-0.05, 0) is 40.9 Å². The average Bonchev–Trinajstić information content (AvgIpc) is 2.40. The Morgan fingerprint density at radius 3 is 2.84 bits per heavy atom. The molecule has 0 aromatic heterocycles. The van der Waals surface area contributed by atoms with E-state index in [4.69, 9.17) is 10.9 Å². The third-order valence-electron chi connectivity index (χ3n) is 2.79. The lowest BCUT2D eigenvalue weighted by atomic mass is 10.1. The van der Waals surface area contributed by atoms with Crippen molar-refractivity contribution in [1.82, 2.24) is 5.32 Å². The van der Waals surface area contributed by atoms with Gasteiger partial charge in [0.2, 0.25) is 0 Å². The number of carbonyl (C=O) groups is 1. The predicted octanol–water partition coefficient (Wildman–Crippen LogP) is 2.40. The number of nitrogens with two attached hydrogens (primary N) is 1. The van der Waals surface area contributed by atoms with E-state index in [9.17, 15) is 4.79 Å². The molecule has 0 radical (unpaired) electrons. The summed E-state index contributed by atoms with van der Waals surface area (Å²) in [5.41, 5.74) is 7.08. The second kappa shape index (κ2) is 7.13. The van der Waals surface area contributed by atoms with Gasteiger partial charge in [0.1, 0.15) is 0 Å². The molecular weight excluding hydrogens is 310 g/mol. The summed E-state index contributed by atoms with van der Waals surface area (Å²) >= 11 is 3.39. The Morgan fingerprint density at radius 2 is 2.26 bits per heavy atom. The van der Waals surface area contributed by atoms with Gasteiger partial charge in [0.05, 0.1) is 11.6 Å². The number of nitrogens with one attached hydrogen (secondary N) is 1. The van der Waals surface area contributed by atoms with Crippen LogP contribution in [0.3, 0.4) is 0 Å². The molecule has 0 aliphatic rings. The first-order valence-electron chi connectivity index (χ1n) is 6.04. The van der Waals surface area contributed by atoms with Crippen LogP contribution in [0.1, 0.15) is 35.7 Å². The van der Waals surface area contributed by atoms with Crippen molar-refractivity contribution < 1.29 is 10.0 Å². The number of halogens is 1. The van der Waals surface area contributed by atoms with Crippen LogP contribution in [0.25, 0.3) is 0 Å². The molecule has 0 fully saturated rings. The number of carbonyl (C=O) groups excluding carboxylic acids is 1. The highest BCUT2D eigenvalue weighted by Crippen LogP contribution is 2.21. The number of amides is 1. The van der Waals surface area contributed by atoms with E-state index in [1.54, 1.807) is 6.07 Å². The highest BCUT2D eigenvalue weighted by atomic mass is 79.9. The topological polar surface area (TPSA) is 87.7 Å². The van der Waals surface area contributed by atoms with E-state index < -0.39 is 6.04 Å². The number of amidine groups is 1. The summed E-state index contributed by atoms with van der Waals surface area (Å²) in [4.78, 5) is 12.2. The number of oxime groups is 1. The molecule has 0 bridgehead atoms. The summed E-state index contributed by atoms with van der Waals surface area (Å²) < 4.78 is 0.752. The van der Waals surface area contributed by atoms with Crippen molar-refractivity contribution in [2.45, 2.75) is 32.7 Å². The lowest BCUT2D eigenvalue weighted by Crippen LogP contribution is -2.44. The first-order chi connectivity index (χ1) is 9.01. The van der Waals surface area contributed by atoms with E-state index in [1.165, 1.54) is 0 Å². The summed E-state index contributed by atoms with van der Waals surface area (Å²) in [5.74, 6) is -0.236. The van der Waals surface area contributed by atoms with Gasteiger partial charge in [-0.15, -0.1) is 0 Å². The molecule has 5 nitrogen and oxygen atoms in total. The monoisotopic (exact) mass is 327 g/mol. The largest absolute Gasteiger partial charge is 0.409 e. The molecule has 6 heteroatoms. The van der Waals surface area contributed by atoms with Gasteiger partial charge >= 0.3 is 0 Å². The van der Waals surface area contributed by atoms with Crippen LogP contribution in [0, 0.1) is 6.92 Å². The molecule has 0 spiro atoms. The smallest absolute Gasteiger partial charge is 0.253 e. The fourth-order valence-electron chi connectivity index (χ4n) is 1.71. The molecule has 1 atom stereocenters. The zero-order valence-electron chi connectivity index (χ0n) is 11.0. The van der Waals surface area contributed by atoms with E-state index in [0.717, 1.165) is 16.5 Å². The summed E-state index contributed by atoms with van der Waals surface area (Å²) in [7, 11) is 0. The molecule has 0 aliphatic carbocycles. The van der Waals surface area contributed by atoms with Crippen molar-refractivity contribution in [3.8, 4) is 0 Å². The summed E-state index contributed by atoms with van der Waals surface area (Å²) in [6, 6.07) is 4.98. The summed E-state index contributed by atoms with van der Waals surface area (Å²) in [6.07, 6.45) is 1.43. The standard InChI is InChI=1S/C13H18BrN3O2/c1-3-5-10(12(15)17-19)16-13(18)9-7-4-6-8(2)11(9)14/h4,6-7,10,19H,3,5H2,1-2H3,(H2,15,17)(H,16,18). The molecular formula is C13H18BrN3O2. The van der Waals surface area contributed by atoms with Gasteiger partial charge in [-0.2, -0.15) is 0 Å². The minimum Gasteiger partial charge on any atom is -0.409 e. The maximum Gasteiger partial charge on any atom is 0.253 e. The van der Waals surface area contributed by atoms with Gasteiger partial charge in [-0.25, -0.2) is 0 Å². The number of hydrogen-bond donors (Lipinski definition) is 3. The van der Waals surface area contributed by atoms with Crippen LogP contribution in [0.2, 0.25) is 0 Å². The van der Waals surface area contributed by atoms with E-state index in [-0.39, 0.29) is 11.7 Å². The molecule has 4 N–H and O–H groups in total. The van der Waals surface area contributed by atoms with Crippen LogP contribution in [-0.4, -0.2) is 23.0 Å². The van der Waals surface area contributed by atoms with Crippen LogP contribution in [0.15, 0.2) is 27.8 Å². The van der Waals surface area contributed by atoms with E-state index in [2.05, 4.69) is 26.4 Å². The minimum atomic E-state index is -0.463. The van der Waals surface area contributed by atoms with Crippen LogP contribution in [0.5, 0.6) is 0 Å². The molecule has 1 unspecified atom stereocenters. The highest BCUT2D eigenvalue weighted by Gasteiger charge is 2.18. The lowest BCUT2D eigenvalue weighted by molar-refractivity contribution is 0.0944. The zero-order chi connectivity index (χ0) is 14.4. The third kappa shape index (κ3) is 3.96. The lowest BCUT2D eigenvalue weighted by Gasteiger charge is -2.17. The second-order valence-corrected chi connectivity index (χ2v) is 5.07. The highest BCUT2D eigenvalue weighted by molar-refractivity contribution is 9.10. The Kier molecular flexibility index (Phi) is 5.82. The quantitative estimate of drug-likeness (QED) is 0.336. The van der Waals surface area contributed by atoms with Gasteiger partial charge in [-0.3, -0.25) is 4.79 Å². The molecule has 0 saturated heterocycles. The normalized spacial score (nSPS) is 13.1. The maximum atomic E-state index is 12.2. The average molecular weight is 328 g/mol. The molecule has 104 valence electrons. The predicted molar refractivity (Wildman–Crippen MR) is 78.5 cm³/mol. The van der Waals surface area contributed by atoms with Crippen LogP contribution in [-0.2, 0) is 0 Å². The molecule has 0 heterocycles. The zero-order valence-corrected chi connectivity index (χ0v) is 12.6. The molecule has 1 aromatic rings. The SMILES string of the molecule is CCCC(NC(=O)c1cccc(C)c1Br)/C(N)=N/O. The summed E-state index contributed by atoms with van der Waals surface area (Å²) in [6.45, 7) is 3.88. The summed E-state index contributed by atoms with van der Waals surface area (Å²) in [5, 5.41) is 14.4. The maximum absolute atomic E-state index is 12.2. The van der Waals surface area contributed by atoms with E-state index in [0.29, 0.717) is 12.0 Å². The van der Waals surface area contributed by atoms with Crippen LogP contribution >= 0.6 is 15.9 Å². The number of aryl methyl sites for hydroxylation is 1. The minimum absolute atomic E-state index is 0.0129. The van der Waals surface area contributed by atoms with Crippen molar-refractivity contribution in [3.63, 3.8) is 0 Å². The number of hydrogen-bond acceptors (Lipinski definition) is 3. The third-order valence-corrected chi connectivity index (χ3v) is 3.84. The Morgan fingerprint density at radius 1 is 1.58 bits per heavy atom. The van der Waals surface area contributed by atoms with Crippen molar-refractivity contribution >= 4 is 27.7 Å². The van der Waals surface area contributed by atoms with Crippen molar-refractivity contribution in [3.05, 3.63) is 33.8 Å². The Balaban J connectivity index is 2.91. The number of nitrogens with zero attached hydrogens (tertiary/aromatic N) is 1. The van der Waals surface area contributed by atoms with Crippen LogP contribution < -0.4 is 11.1 Å². The molecule has 19 heavy (non-hydrogen) atoms. The number of benzene rings is 1. The first kappa shape index (κ1) is 15.5. The number of rotatable bonds is 5. The Hall–Kier alpha value is -1.56. The van der Waals surface area contributed by atoms with Gasteiger partial charge in [0.25, 0.3) is 5.91 Å². The van der Waals surface area contributed by atoms with Crippen molar-refractivity contribution in [2.75, 3.05) is 0 Å². The molecule has 0 aliphatic heterocycles. The first-order valence-corrected chi connectivity index (χ1v) is 6.84. The Bertz CT molecular complexity index is 489.